The Hall–Kier alpha value is -2.66. The summed E-state index contributed by atoms with van der Waals surface area (Å²) in [5.41, 5.74) is 2.39. The van der Waals surface area contributed by atoms with Crippen LogP contribution in [-0.4, -0.2) is 17.6 Å². The van der Waals surface area contributed by atoms with E-state index in [-0.39, 0.29) is 11.0 Å². The third-order valence-electron chi connectivity index (χ3n) is 3.00. The summed E-state index contributed by atoms with van der Waals surface area (Å²) in [7, 11) is 0. The minimum absolute atomic E-state index is 0.233. The van der Waals surface area contributed by atoms with Crippen molar-refractivity contribution in [2.24, 2.45) is 0 Å². The van der Waals surface area contributed by atoms with Crippen molar-refractivity contribution < 1.29 is 9.53 Å². The summed E-state index contributed by atoms with van der Waals surface area (Å²) < 4.78 is 5.45. The van der Waals surface area contributed by atoms with Crippen molar-refractivity contribution in [2.45, 2.75) is 6.92 Å². The highest BCUT2D eigenvalue weighted by Gasteiger charge is 2.08. The molecule has 2 aromatic rings. The van der Waals surface area contributed by atoms with Gasteiger partial charge in [-0.25, -0.2) is 0 Å². The number of ether oxygens (including phenoxy) is 1. The summed E-state index contributed by atoms with van der Waals surface area (Å²) in [4.78, 5) is 12.1. The molecule has 0 aliphatic carbocycles. The van der Waals surface area contributed by atoms with Crippen LogP contribution in [0.5, 0.6) is 5.75 Å². The molecule has 2 aromatic carbocycles. The normalized spacial score (nSPS) is 9.78. The molecule has 0 bridgehead atoms. The number of nitrogens with one attached hydrogen (secondary N) is 2. The molecule has 0 atom stereocenters. The number of aryl methyl sites for hydroxylation is 1. The molecular weight excluding hydrogens is 308 g/mol. The highest BCUT2D eigenvalue weighted by atomic mass is 32.1. The van der Waals surface area contributed by atoms with E-state index in [1.165, 1.54) is 0 Å². The standard InChI is InChI=1S/C18H18N2O2S/c1-3-11-22-16-6-4-5-15(12-16)19-18(23)20-17(21)14-9-7-13(2)8-10-14/h3-10,12H,1,11H2,2H3,(H2,19,20,21,23). The quantitative estimate of drug-likeness (QED) is 0.650. The van der Waals surface area contributed by atoms with Gasteiger partial charge in [0.1, 0.15) is 12.4 Å². The van der Waals surface area contributed by atoms with Gasteiger partial charge in [0, 0.05) is 17.3 Å². The number of amides is 1. The minimum Gasteiger partial charge on any atom is -0.489 e. The average Bonchev–Trinajstić information content (AvgIpc) is 2.53. The van der Waals surface area contributed by atoms with E-state index in [0.717, 1.165) is 11.3 Å². The Balaban J connectivity index is 1.95. The zero-order valence-electron chi connectivity index (χ0n) is 12.8. The highest BCUT2D eigenvalue weighted by molar-refractivity contribution is 7.80. The van der Waals surface area contributed by atoms with Crippen molar-refractivity contribution in [3.8, 4) is 5.75 Å². The Morgan fingerprint density at radius 2 is 2.00 bits per heavy atom. The lowest BCUT2D eigenvalue weighted by Crippen LogP contribution is -2.34. The number of hydrogen-bond acceptors (Lipinski definition) is 3. The summed E-state index contributed by atoms with van der Waals surface area (Å²) >= 11 is 5.17. The molecular formula is C18H18N2O2S. The molecule has 2 N–H and O–H groups in total. The molecule has 1 amide bonds. The Bertz CT molecular complexity index is 711. The van der Waals surface area contributed by atoms with E-state index in [1.807, 2.05) is 37.3 Å². The summed E-state index contributed by atoms with van der Waals surface area (Å²) in [5, 5.41) is 5.85. The Kier molecular flexibility index (Phi) is 5.88. The third-order valence-corrected chi connectivity index (χ3v) is 3.20. The maximum atomic E-state index is 12.1. The van der Waals surface area contributed by atoms with E-state index in [9.17, 15) is 4.79 Å². The fourth-order valence-corrected chi connectivity index (χ4v) is 2.07. The van der Waals surface area contributed by atoms with Crippen LogP contribution in [0.3, 0.4) is 0 Å². The smallest absolute Gasteiger partial charge is 0.257 e. The van der Waals surface area contributed by atoms with Crippen molar-refractivity contribution in [1.29, 1.82) is 0 Å². The molecule has 0 fully saturated rings. The molecule has 0 saturated carbocycles. The van der Waals surface area contributed by atoms with E-state index >= 15 is 0 Å². The van der Waals surface area contributed by atoms with E-state index < -0.39 is 0 Å². The highest BCUT2D eigenvalue weighted by Crippen LogP contribution is 2.17. The third kappa shape index (κ3) is 5.23. The largest absolute Gasteiger partial charge is 0.489 e. The summed E-state index contributed by atoms with van der Waals surface area (Å²) in [6.07, 6.45) is 1.67. The van der Waals surface area contributed by atoms with Gasteiger partial charge in [0.25, 0.3) is 5.91 Å². The van der Waals surface area contributed by atoms with E-state index in [2.05, 4.69) is 17.2 Å². The van der Waals surface area contributed by atoms with Gasteiger partial charge in [-0.05, 0) is 43.4 Å². The molecule has 0 aliphatic rings. The van der Waals surface area contributed by atoms with Crippen LogP contribution in [0.2, 0.25) is 0 Å². The Labute approximate surface area is 141 Å². The average molecular weight is 326 g/mol. The number of carbonyl (C=O) groups excluding carboxylic acids is 1. The molecule has 0 aromatic heterocycles. The number of carbonyl (C=O) groups is 1. The van der Waals surface area contributed by atoms with Crippen LogP contribution in [0.4, 0.5) is 5.69 Å². The molecule has 0 saturated heterocycles. The van der Waals surface area contributed by atoms with E-state index in [4.69, 9.17) is 17.0 Å². The predicted octanol–water partition coefficient (Wildman–Crippen LogP) is 3.69. The lowest BCUT2D eigenvalue weighted by molar-refractivity contribution is 0.0977. The second-order valence-corrected chi connectivity index (χ2v) is 5.31. The van der Waals surface area contributed by atoms with Crippen LogP contribution in [0.15, 0.2) is 61.2 Å². The fourth-order valence-electron chi connectivity index (χ4n) is 1.86. The van der Waals surface area contributed by atoms with E-state index in [1.54, 1.807) is 24.3 Å². The topological polar surface area (TPSA) is 50.4 Å². The van der Waals surface area contributed by atoms with Gasteiger partial charge in [-0.1, -0.05) is 36.4 Å². The fraction of sp³-hybridized carbons (Fsp3) is 0.111. The van der Waals surface area contributed by atoms with Gasteiger partial charge in [-0.2, -0.15) is 0 Å². The van der Waals surface area contributed by atoms with Crippen molar-refractivity contribution in [3.63, 3.8) is 0 Å². The Morgan fingerprint density at radius 1 is 1.26 bits per heavy atom. The Morgan fingerprint density at radius 3 is 2.70 bits per heavy atom. The van der Waals surface area contributed by atoms with Crippen molar-refractivity contribution >= 4 is 28.9 Å². The number of thiocarbonyl (C=S) groups is 1. The number of hydrogen-bond donors (Lipinski definition) is 2. The molecule has 118 valence electrons. The zero-order chi connectivity index (χ0) is 16.7. The van der Waals surface area contributed by atoms with Crippen LogP contribution < -0.4 is 15.4 Å². The van der Waals surface area contributed by atoms with Gasteiger partial charge in [0.2, 0.25) is 0 Å². The number of anilines is 1. The molecule has 0 radical (unpaired) electrons. The molecule has 4 nitrogen and oxygen atoms in total. The number of rotatable bonds is 5. The van der Waals surface area contributed by atoms with Gasteiger partial charge >= 0.3 is 0 Å². The molecule has 0 unspecified atom stereocenters. The number of benzene rings is 2. The van der Waals surface area contributed by atoms with Gasteiger partial charge in [-0.15, -0.1) is 0 Å². The molecule has 0 aliphatic heterocycles. The maximum absolute atomic E-state index is 12.1. The first kappa shape index (κ1) is 16.7. The van der Waals surface area contributed by atoms with Gasteiger partial charge < -0.3 is 10.1 Å². The van der Waals surface area contributed by atoms with E-state index in [0.29, 0.717) is 17.9 Å². The van der Waals surface area contributed by atoms with Gasteiger partial charge in [0.15, 0.2) is 5.11 Å². The zero-order valence-corrected chi connectivity index (χ0v) is 13.7. The maximum Gasteiger partial charge on any atom is 0.257 e. The molecule has 5 heteroatoms. The summed E-state index contributed by atoms with van der Waals surface area (Å²) in [5.74, 6) is 0.448. The SMILES string of the molecule is C=CCOc1cccc(NC(=S)NC(=O)c2ccc(C)cc2)c1. The first-order chi connectivity index (χ1) is 11.1. The van der Waals surface area contributed by atoms with Crippen LogP contribution in [0.25, 0.3) is 0 Å². The van der Waals surface area contributed by atoms with Crippen molar-refractivity contribution in [2.75, 3.05) is 11.9 Å². The predicted molar refractivity (Wildman–Crippen MR) is 97.0 cm³/mol. The molecule has 23 heavy (non-hydrogen) atoms. The second-order valence-electron chi connectivity index (χ2n) is 4.90. The van der Waals surface area contributed by atoms with Crippen molar-refractivity contribution in [3.05, 3.63) is 72.3 Å². The second kappa shape index (κ2) is 8.10. The lowest BCUT2D eigenvalue weighted by atomic mass is 10.1. The first-order valence-corrected chi connectivity index (χ1v) is 7.52. The van der Waals surface area contributed by atoms with Crippen LogP contribution in [0, 0.1) is 6.92 Å². The van der Waals surface area contributed by atoms with Crippen LogP contribution in [0.1, 0.15) is 15.9 Å². The first-order valence-electron chi connectivity index (χ1n) is 7.11. The summed E-state index contributed by atoms with van der Waals surface area (Å²) in [6.45, 7) is 6.00. The lowest BCUT2D eigenvalue weighted by Gasteiger charge is -2.11. The van der Waals surface area contributed by atoms with Crippen molar-refractivity contribution in [1.82, 2.24) is 5.32 Å². The van der Waals surface area contributed by atoms with Crippen LogP contribution in [-0.2, 0) is 0 Å². The summed E-state index contributed by atoms with van der Waals surface area (Å²) in [6, 6.07) is 14.6. The monoisotopic (exact) mass is 326 g/mol. The minimum atomic E-state index is -0.249. The van der Waals surface area contributed by atoms with Crippen LogP contribution >= 0.6 is 12.2 Å². The van der Waals surface area contributed by atoms with Gasteiger partial charge in [-0.3, -0.25) is 10.1 Å². The molecule has 2 rings (SSSR count). The molecule has 0 heterocycles. The molecule has 0 spiro atoms. The van der Waals surface area contributed by atoms with Gasteiger partial charge in [0.05, 0.1) is 0 Å².